The molecular weight excluding hydrogens is 234 g/mol. The van der Waals surface area contributed by atoms with Gasteiger partial charge in [-0.25, -0.2) is 0 Å². The minimum Gasteiger partial charge on any atom is -0.494 e. The van der Waals surface area contributed by atoms with Gasteiger partial charge in [0, 0.05) is 11.6 Å². The van der Waals surface area contributed by atoms with Crippen LogP contribution in [0.4, 0.5) is 0 Å². The minimum atomic E-state index is 0. The lowest BCUT2D eigenvalue weighted by atomic mass is 9.98. The zero-order valence-electron chi connectivity index (χ0n) is 11.0. The number of nitrogens with two attached hydrogens (primary N) is 1. The van der Waals surface area contributed by atoms with Crippen molar-refractivity contribution in [3.05, 3.63) is 29.8 Å². The molecule has 0 spiro atoms. The molecule has 0 unspecified atom stereocenters. The summed E-state index contributed by atoms with van der Waals surface area (Å²) in [6.45, 7) is 7.13. The topological polar surface area (TPSA) is 35.2 Å². The first-order valence-electron chi connectivity index (χ1n) is 6.12. The molecule has 3 heteroatoms. The molecule has 0 bridgehead atoms. The smallest absolute Gasteiger partial charge is 0.124 e. The highest BCUT2D eigenvalue weighted by Crippen LogP contribution is 2.27. The van der Waals surface area contributed by atoms with Crippen molar-refractivity contribution in [2.45, 2.75) is 39.7 Å². The van der Waals surface area contributed by atoms with Gasteiger partial charge in [0.05, 0.1) is 6.61 Å². The Hall–Kier alpha value is -0.730. The van der Waals surface area contributed by atoms with Gasteiger partial charge in [-0.2, -0.15) is 0 Å². The number of ether oxygens (including phenoxy) is 1. The summed E-state index contributed by atoms with van der Waals surface area (Å²) in [6.07, 6.45) is 2.17. The van der Waals surface area contributed by atoms with Crippen LogP contribution < -0.4 is 10.5 Å². The maximum atomic E-state index is 6.19. The van der Waals surface area contributed by atoms with Crippen LogP contribution in [-0.2, 0) is 0 Å². The van der Waals surface area contributed by atoms with Crippen LogP contribution in [0.5, 0.6) is 5.75 Å². The summed E-state index contributed by atoms with van der Waals surface area (Å²) in [5, 5.41) is 0. The second kappa shape index (κ2) is 8.37. The molecule has 0 aliphatic carbocycles. The SMILES string of the molecule is CCOc1ccccc1[C@@H](N)CCC(C)C.Cl. The molecule has 1 aromatic carbocycles. The number of para-hydroxylation sites is 1. The molecule has 0 aliphatic heterocycles. The lowest BCUT2D eigenvalue weighted by Gasteiger charge is -2.17. The van der Waals surface area contributed by atoms with Gasteiger partial charge < -0.3 is 10.5 Å². The lowest BCUT2D eigenvalue weighted by Crippen LogP contribution is -2.13. The molecular formula is C14H24ClNO. The standard InChI is InChI=1S/C14H23NO.ClH/c1-4-16-14-8-6-5-7-12(14)13(15)10-9-11(2)3;/h5-8,11,13H,4,9-10,15H2,1-3H3;1H/t13-;/m0./s1. The van der Waals surface area contributed by atoms with Crippen molar-refractivity contribution in [3.63, 3.8) is 0 Å². The fraction of sp³-hybridized carbons (Fsp3) is 0.571. The van der Waals surface area contributed by atoms with Crippen molar-refractivity contribution in [3.8, 4) is 5.75 Å². The Balaban J connectivity index is 0.00000256. The average Bonchev–Trinajstić information content (AvgIpc) is 2.27. The number of rotatable bonds is 6. The van der Waals surface area contributed by atoms with E-state index in [4.69, 9.17) is 10.5 Å². The number of benzene rings is 1. The van der Waals surface area contributed by atoms with Gasteiger partial charge in [-0.3, -0.25) is 0 Å². The Morgan fingerprint density at radius 1 is 1.18 bits per heavy atom. The molecule has 0 saturated carbocycles. The molecule has 0 aromatic heterocycles. The fourth-order valence-corrected chi connectivity index (χ4v) is 1.74. The highest BCUT2D eigenvalue weighted by molar-refractivity contribution is 5.85. The van der Waals surface area contributed by atoms with Crippen molar-refractivity contribution in [1.29, 1.82) is 0 Å². The molecule has 1 rings (SSSR count). The van der Waals surface area contributed by atoms with E-state index in [0.29, 0.717) is 12.5 Å². The first-order chi connectivity index (χ1) is 7.65. The first kappa shape index (κ1) is 16.3. The van der Waals surface area contributed by atoms with Gasteiger partial charge in [0.15, 0.2) is 0 Å². The summed E-state index contributed by atoms with van der Waals surface area (Å²) in [7, 11) is 0. The second-order valence-electron chi connectivity index (χ2n) is 4.55. The summed E-state index contributed by atoms with van der Waals surface area (Å²) in [6, 6.07) is 8.16. The minimum absolute atomic E-state index is 0. The van der Waals surface area contributed by atoms with Gasteiger partial charge in [0.1, 0.15) is 5.75 Å². The number of hydrogen-bond acceptors (Lipinski definition) is 2. The van der Waals surface area contributed by atoms with Gasteiger partial charge in [-0.15, -0.1) is 12.4 Å². The summed E-state index contributed by atoms with van der Waals surface area (Å²) < 4.78 is 5.58. The maximum absolute atomic E-state index is 6.19. The Bertz CT molecular complexity index is 315. The van der Waals surface area contributed by atoms with E-state index < -0.39 is 0 Å². The van der Waals surface area contributed by atoms with Crippen LogP contribution in [0.2, 0.25) is 0 Å². The van der Waals surface area contributed by atoms with E-state index in [2.05, 4.69) is 19.9 Å². The molecule has 2 nitrogen and oxygen atoms in total. The van der Waals surface area contributed by atoms with Gasteiger partial charge >= 0.3 is 0 Å². The molecule has 0 radical (unpaired) electrons. The van der Waals surface area contributed by atoms with Crippen LogP contribution in [0.3, 0.4) is 0 Å². The largest absolute Gasteiger partial charge is 0.494 e. The molecule has 1 atom stereocenters. The van der Waals surface area contributed by atoms with Crippen LogP contribution in [0.25, 0.3) is 0 Å². The maximum Gasteiger partial charge on any atom is 0.124 e. The van der Waals surface area contributed by atoms with Crippen LogP contribution in [0, 0.1) is 5.92 Å². The highest BCUT2D eigenvalue weighted by atomic mass is 35.5. The fourth-order valence-electron chi connectivity index (χ4n) is 1.74. The summed E-state index contributed by atoms with van der Waals surface area (Å²) >= 11 is 0. The molecule has 0 saturated heterocycles. The quantitative estimate of drug-likeness (QED) is 0.838. The normalized spacial score (nSPS) is 12.1. The van der Waals surface area contributed by atoms with E-state index in [-0.39, 0.29) is 18.4 Å². The molecule has 1 aromatic rings. The number of hydrogen-bond donors (Lipinski definition) is 1. The third-order valence-corrected chi connectivity index (χ3v) is 2.67. The van der Waals surface area contributed by atoms with Crippen molar-refractivity contribution in [2.75, 3.05) is 6.61 Å². The van der Waals surface area contributed by atoms with Gasteiger partial charge in [0.25, 0.3) is 0 Å². The van der Waals surface area contributed by atoms with Crippen molar-refractivity contribution >= 4 is 12.4 Å². The van der Waals surface area contributed by atoms with Crippen LogP contribution in [0.1, 0.15) is 45.2 Å². The Labute approximate surface area is 111 Å². The van der Waals surface area contributed by atoms with E-state index in [1.807, 2.05) is 25.1 Å². The van der Waals surface area contributed by atoms with Gasteiger partial charge in [0.2, 0.25) is 0 Å². The Kier molecular flexibility index (Phi) is 8.01. The zero-order valence-corrected chi connectivity index (χ0v) is 11.8. The van der Waals surface area contributed by atoms with Crippen LogP contribution in [-0.4, -0.2) is 6.61 Å². The molecule has 0 fully saturated rings. The molecule has 0 aliphatic rings. The summed E-state index contributed by atoms with van der Waals surface area (Å²) in [5.74, 6) is 1.63. The van der Waals surface area contributed by atoms with Crippen LogP contribution in [0.15, 0.2) is 24.3 Å². The molecule has 0 amide bonds. The van der Waals surface area contributed by atoms with Gasteiger partial charge in [-0.05, 0) is 31.7 Å². The Morgan fingerprint density at radius 2 is 1.82 bits per heavy atom. The lowest BCUT2D eigenvalue weighted by molar-refractivity contribution is 0.332. The molecule has 98 valence electrons. The third kappa shape index (κ3) is 5.42. The molecule has 0 heterocycles. The van der Waals surface area contributed by atoms with Crippen molar-refractivity contribution in [2.24, 2.45) is 11.7 Å². The van der Waals surface area contributed by atoms with E-state index >= 15 is 0 Å². The van der Waals surface area contributed by atoms with Crippen molar-refractivity contribution in [1.82, 2.24) is 0 Å². The zero-order chi connectivity index (χ0) is 12.0. The van der Waals surface area contributed by atoms with Crippen LogP contribution >= 0.6 is 12.4 Å². The molecule has 2 N–H and O–H groups in total. The predicted molar refractivity (Wildman–Crippen MR) is 75.9 cm³/mol. The second-order valence-corrected chi connectivity index (χ2v) is 4.55. The first-order valence-corrected chi connectivity index (χ1v) is 6.12. The van der Waals surface area contributed by atoms with E-state index in [0.717, 1.165) is 24.2 Å². The number of halogens is 1. The average molecular weight is 258 g/mol. The van der Waals surface area contributed by atoms with E-state index in [9.17, 15) is 0 Å². The highest BCUT2D eigenvalue weighted by Gasteiger charge is 2.11. The monoisotopic (exact) mass is 257 g/mol. The third-order valence-electron chi connectivity index (χ3n) is 2.67. The van der Waals surface area contributed by atoms with Crippen molar-refractivity contribution < 1.29 is 4.74 Å². The summed E-state index contributed by atoms with van der Waals surface area (Å²) in [5.41, 5.74) is 7.32. The van der Waals surface area contributed by atoms with E-state index in [1.165, 1.54) is 0 Å². The summed E-state index contributed by atoms with van der Waals surface area (Å²) in [4.78, 5) is 0. The molecule has 17 heavy (non-hydrogen) atoms. The predicted octanol–water partition coefficient (Wildman–Crippen LogP) is 3.94. The van der Waals surface area contributed by atoms with E-state index in [1.54, 1.807) is 0 Å². The van der Waals surface area contributed by atoms with Gasteiger partial charge in [-0.1, -0.05) is 32.0 Å². The Morgan fingerprint density at radius 3 is 2.41 bits per heavy atom.